The minimum Gasteiger partial charge on any atom is -0.494 e. The maximum atomic E-state index is 5.71. The number of hydrogen-bond donors (Lipinski definition) is 1. The van der Waals surface area contributed by atoms with Gasteiger partial charge in [0.15, 0.2) is 0 Å². The molecular weight excluding hydrogens is 254 g/mol. The van der Waals surface area contributed by atoms with E-state index in [1.165, 1.54) is 5.56 Å². The van der Waals surface area contributed by atoms with Gasteiger partial charge in [-0.2, -0.15) is 11.8 Å². The van der Waals surface area contributed by atoms with E-state index in [0.29, 0.717) is 12.0 Å². The molecule has 1 rings (SSSR count). The second-order valence-corrected chi connectivity index (χ2v) is 6.32. The van der Waals surface area contributed by atoms with Gasteiger partial charge in [0.25, 0.3) is 0 Å². The fourth-order valence-corrected chi connectivity index (χ4v) is 2.33. The van der Waals surface area contributed by atoms with Crippen LogP contribution in [0.1, 0.15) is 32.8 Å². The lowest BCUT2D eigenvalue weighted by Gasteiger charge is -2.13. The molecule has 0 aliphatic heterocycles. The zero-order chi connectivity index (χ0) is 14.1. The minimum atomic E-state index is 0.553. The number of hydrogen-bond acceptors (Lipinski definition) is 3. The maximum Gasteiger partial charge on any atom is 0.119 e. The summed E-state index contributed by atoms with van der Waals surface area (Å²) in [6.07, 6.45) is 3.25. The Morgan fingerprint density at radius 2 is 1.84 bits per heavy atom. The van der Waals surface area contributed by atoms with Crippen LogP contribution in [0.3, 0.4) is 0 Å². The average Bonchev–Trinajstić information content (AvgIpc) is 2.38. The van der Waals surface area contributed by atoms with Crippen molar-refractivity contribution in [2.45, 2.75) is 39.8 Å². The molecule has 0 aliphatic carbocycles. The molecular formula is C16H27NOS. The molecule has 0 saturated carbocycles. The first-order valence-electron chi connectivity index (χ1n) is 7.06. The molecule has 2 nitrogen and oxygen atoms in total. The van der Waals surface area contributed by atoms with Crippen LogP contribution in [0.15, 0.2) is 24.3 Å². The lowest BCUT2D eigenvalue weighted by molar-refractivity contribution is 0.289. The SMILES string of the molecule is CSCC(C)NCc1ccc(OCCC(C)C)cc1. The van der Waals surface area contributed by atoms with Crippen molar-refractivity contribution in [2.75, 3.05) is 18.6 Å². The summed E-state index contributed by atoms with van der Waals surface area (Å²) in [6, 6.07) is 8.97. The van der Waals surface area contributed by atoms with E-state index in [2.05, 4.69) is 56.6 Å². The normalized spacial score (nSPS) is 12.7. The molecule has 0 saturated heterocycles. The van der Waals surface area contributed by atoms with Gasteiger partial charge < -0.3 is 10.1 Å². The highest BCUT2D eigenvalue weighted by molar-refractivity contribution is 7.98. The summed E-state index contributed by atoms with van der Waals surface area (Å²) in [5.74, 6) is 2.82. The fourth-order valence-electron chi connectivity index (χ4n) is 1.72. The smallest absolute Gasteiger partial charge is 0.119 e. The molecule has 108 valence electrons. The van der Waals surface area contributed by atoms with Crippen molar-refractivity contribution in [1.29, 1.82) is 0 Å². The zero-order valence-electron chi connectivity index (χ0n) is 12.6. The number of benzene rings is 1. The highest BCUT2D eigenvalue weighted by Crippen LogP contribution is 2.13. The Hall–Kier alpha value is -0.670. The topological polar surface area (TPSA) is 21.3 Å². The quantitative estimate of drug-likeness (QED) is 0.740. The molecule has 0 radical (unpaired) electrons. The third kappa shape index (κ3) is 7.48. The second-order valence-electron chi connectivity index (χ2n) is 5.41. The Morgan fingerprint density at radius 1 is 1.16 bits per heavy atom. The molecule has 19 heavy (non-hydrogen) atoms. The summed E-state index contributed by atoms with van der Waals surface area (Å²) in [5.41, 5.74) is 1.31. The van der Waals surface area contributed by atoms with Crippen LogP contribution in [0.25, 0.3) is 0 Å². The van der Waals surface area contributed by atoms with E-state index in [4.69, 9.17) is 4.74 Å². The Morgan fingerprint density at radius 3 is 2.42 bits per heavy atom. The summed E-state index contributed by atoms with van der Waals surface area (Å²) in [7, 11) is 0. The number of nitrogens with one attached hydrogen (secondary N) is 1. The van der Waals surface area contributed by atoms with Crippen LogP contribution in [0.2, 0.25) is 0 Å². The predicted octanol–water partition coefficient (Wildman–Crippen LogP) is 3.95. The molecule has 1 N–H and O–H groups in total. The van der Waals surface area contributed by atoms with Crippen LogP contribution in [0.5, 0.6) is 5.75 Å². The molecule has 1 unspecified atom stereocenters. The largest absolute Gasteiger partial charge is 0.494 e. The third-order valence-electron chi connectivity index (χ3n) is 2.96. The molecule has 0 amide bonds. The lowest BCUT2D eigenvalue weighted by Crippen LogP contribution is -2.27. The fraction of sp³-hybridized carbons (Fsp3) is 0.625. The van der Waals surface area contributed by atoms with E-state index in [1.54, 1.807) is 0 Å². The summed E-state index contributed by atoms with van der Waals surface area (Å²) in [4.78, 5) is 0. The Kier molecular flexibility index (Phi) is 7.99. The van der Waals surface area contributed by atoms with Crippen molar-refractivity contribution < 1.29 is 4.74 Å². The van der Waals surface area contributed by atoms with Gasteiger partial charge in [0.1, 0.15) is 5.75 Å². The molecule has 3 heteroatoms. The van der Waals surface area contributed by atoms with Crippen LogP contribution in [-0.4, -0.2) is 24.7 Å². The Bertz CT molecular complexity index is 337. The van der Waals surface area contributed by atoms with Gasteiger partial charge in [-0.3, -0.25) is 0 Å². The van der Waals surface area contributed by atoms with Gasteiger partial charge in [0.05, 0.1) is 6.61 Å². The first-order chi connectivity index (χ1) is 9.11. The molecule has 1 atom stereocenters. The van der Waals surface area contributed by atoms with Crippen molar-refractivity contribution in [3.8, 4) is 5.75 Å². The summed E-state index contributed by atoms with van der Waals surface area (Å²) >= 11 is 1.88. The minimum absolute atomic E-state index is 0.553. The van der Waals surface area contributed by atoms with Crippen LogP contribution in [0, 0.1) is 5.92 Å². The van der Waals surface area contributed by atoms with E-state index in [-0.39, 0.29) is 0 Å². The Balaban J connectivity index is 2.30. The highest BCUT2D eigenvalue weighted by Gasteiger charge is 2.01. The van der Waals surface area contributed by atoms with Crippen molar-refractivity contribution in [2.24, 2.45) is 5.92 Å². The van der Waals surface area contributed by atoms with Crippen molar-refractivity contribution in [1.82, 2.24) is 5.32 Å². The van der Waals surface area contributed by atoms with Gasteiger partial charge >= 0.3 is 0 Å². The van der Waals surface area contributed by atoms with Gasteiger partial charge in [-0.05, 0) is 43.2 Å². The molecule has 0 fully saturated rings. The van der Waals surface area contributed by atoms with Gasteiger partial charge in [-0.25, -0.2) is 0 Å². The maximum absolute atomic E-state index is 5.71. The van der Waals surface area contributed by atoms with E-state index in [0.717, 1.165) is 31.1 Å². The molecule has 1 aromatic rings. The highest BCUT2D eigenvalue weighted by atomic mass is 32.2. The average molecular weight is 281 g/mol. The van der Waals surface area contributed by atoms with E-state index in [9.17, 15) is 0 Å². The molecule has 0 heterocycles. The molecule has 0 spiro atoms. The van der Waals surface area contributed by atoms with Gasteiger partial charge in [-0.1, -0.05) is 26.0 Å². The molecule has 1 aromatic carbocycles. The number of ether oxygens (including phenoxy) is 1. The van der Waals surface area contributed by atoms with Gasteiger partial charge in [0, 0.05) is 18.3 Å². The van der Waals surface area contributed by atoms with Crippen LogP contribution >= 0.6 is 11.8 Å². The molecule has 0 aromatic heterocycles. The van der Waals surface area contributed by atoms with Crippen LogP contribution in [0.4, 0.5) is 0 Å². The van der Waals surface area contributed by atoms with E-state index in [1.807, 2.05) is 11.8 Å². The van der Waals surface area contributed by atoms with E-state index < -0.39 is 0 Å². The van der Waals surface area contributed by atoms with Crippen molar-refractivity contribution in [3.05, 3.63) is 29.8 Å². The molecule has 0 aliphatic rings. The van der Waals surface area contributed by atoms with E-state index >= 15 is 0 Å². The van der Waals surface area contributed by atoms with Crippen molar-refractivity contribution in [3.63, 3.8) is 0 Å². The van der Waals surface area contributed by atoms with Crippen LogP contribution in [-0.2, 0) is 6.54 Å². The number of rotatable bonds is 9. The lowest BCUT2D eigenvalue weighted by atomic mass is 10.1. The summed E-state index contributed by atoms with van der Waals surface area (Å²) in [5, 5.41) is 3.52. The van der Waals surface area contributed by atoms with Gasteiger partial charge in [-0.15, -0.1) is 0 Å². The zero-order valence-corrected chi connectivity index (χ0v) is 13.4. The predicted molar refractivity (Wildman–Crippen MR) is 86.1 cm³/mol. The molecule has 0 bridgehead atoms. The van der Waals surface area contributed by atoms with Gasteiger partial charge in [0.2, 0.25) is 0 Å². The first kappa shape index (κ1) is 16.4. The third-order valence-corrected chi connectivity index (χ3v) is 3.79. The monoisotopic (exact) mass is 281 g/mol. The first-order valence-corrected chi connectivity index (χ1v) is 8.45. The summed E-state index contributed by atoms with van der Waals surface area (Å²) < 4.78 is 5.71. The second kappa shape index (κ2) is 9.27. The Labute approximate surface area is 122 Å². The standard InChI is InChI=1S/C16H27NOS/c1-13(2)9-10-18-16-7-5-15(6-8-16)11-17-14(3)12-19-4/h5-8,13-14,17H,9-12H2,1-4H3. The summed E-state index contributed by atoms with van der Waals surface area (Å²) in [6.45, 7) is 8.38. The number of thioether (sulfide) groups is 1. The van der Waals surface area contributed by atoms with Crippen LogP contribution < -0.4 is 10.1 Å². The van der Waals surface area contributed by atoms with Crippen molar-refractivity contribution >= 4 is 11.8 Å².